The van der Waals surface area contributed by atoms with Gasteiger partial charge in [-0.2, -0.15) is 0 Å². The lowest BCUT2D eigenvalue weighted by Gasteiger charge is -2.46. The van der Waals surface area contributed by atoms with Crippen LogP contribution in [0.4, 0.5) is 0 Å². The number of amides is 1. The van der Waals surface area contributed by atoms with Gasteiger partial charge in [0.05, 0.1) is 32.0 Å². The predicted molar refractivity (Wildman–Crippen MR) is 364 cm³/mol. The van der Waals surface area contributed by atoms with Crippen molar-refractivity contribution in [1.82, 2.24) is 5.32 Å². The molecule has 2 rings (SSSR count). The van der Waals surface area contributed by atoms with Crippen LogP contribution in [0.3, 0.4) is 0 Å². The molecule has 0 aliphatic carbocycles. The number of unbranched alkanes of at least 4 members (excludes halogenated alkanes) is 37. The molecular formula is C75H135NO13. The van der Waals surface area contributed by atoms with Crippen molar-refractivity contribution in [3.63, 3.8) is 0 Å². The van der Waals surface area contributed by atoms with Crippen LogP contribution in [0.25, 0.3) is 0 Å². The summed E-state index contributed by atoms with van der Waals surface area (Å²) < 4.78 is 22.9. The van der Waals surface area contributed by atoms with Gasteiger partial charge in [-0.15, -0.1) is 0 Å². The number of carbonyl (C=O) groups is 1. The molecule has 0 radical (unpaired) electrons. The van der Waals surface area contributed by atoms with Crippen LogP contribution in [0.15, 0.2) is 72.9 Å². The van der Waals surface area contributed by atoms with Gasteiger partial charge in [-0.1, -0.05) is 305 Å². The number of nitrogens with one attached hydrogen (secondary N) is 1. The number of hydrogen-bond donors (Lipinski definition) is 9. The third-order valence-electron chi connectivity index (χ3n) is 17.6. The molecule has 0 spiro atoms. The van der Waals surface area contributed by atoms with E-state index in [1.165, 1.54) is 205 Å². The molecule has 0 aromatic heterocycles. The van der Waals surface area contributed by atoms with Gasteiger partial charge in [0.1, 0.15) is 48.8 Å². The van der Waals surface area contributed by atoms with Crippen molar-refractivity contribution in [2.24, 2.45) is 0 Å². The van der Waals surface area contributed by atoms with Crippen LogP contribution in [0.2, 0.25) is 0 Å². The number of carbonyl (C=O) groups excluding carboxylic acids is 1. The summed E-state index contributed by atoms with van der Waals surface area (Å²) in [7, 11) is 0. The van der Waals surface area contributed by atoms with Crippen molar-refractivity contribution in [2.45, 2.75) is 376 Å². The lowest BCUT2D eigenvalue weighted by molar-refractivity contribution is -0.359. The van der Waals surface area contributed by atoms with Crippen LogP contribution in [0, 0.1) is 0 Å². The fraction of sp³-hybridized carbons (Fsp3) is 0.827. The Morgan fingerprint density at radius 1 is 0.416 bits per heavy atom. The van der Waals surface area contributed by atoms with Crippen LogP contribution in [-0.2, 0) is 23.7 Å². The highest BCUT2D eigenvalue weighted by Gasteiger charge is 2.51. The molecule has 12 atom stereocenters. The number of aliphatic hydroxyl groups is 8. The molecule has 518 valence electrons. The van der Waals surface area contributed by atoms with Crippen LogP contribution in [0.1, 0.15) is 303 Å². The van der Waals surface area contributed by atoms with Crippen molar-refractivity contribution < 1.29 is 64.6 Å². The van der Waals surface area contributed by atoms with Gasteiger partial charge in [-0.25, -0.2) is 0 Å². The molecule has 0 saturated carbocycles. The second kappa shape index (κ2) is 59.2. The van der Waals surface area contributed by atoms with Gasteiger partial charge in [-0.3, -0.25) is 4.79 Å². The molecular weight excluding hydrogens is 1120 g/mol. The van der Waals surface area contributed by atoms with E-state index < -0.39 is 86.8 Å². The van der Waals surface area contributed by atoms with Gasteiger partial charge >= 0.3 is 0 Å². The summed E-state index contributed by atoms with van der Waals surface area (Å²) in [6, 6.07) is -0.917. The lowest BCUT2D eigenvalue weighted by Crippen LogP contribution is -2.65. The highest BCUT2D eigenvalue weighted by molar-refractivity contribution is 5.76. The second-order valence-electron chi connectivity index (χ2n) is 25.7. The Labute approximate surface area is 542 Å². The zero-order chi connectivity index (χ0) is 64.5. The maximum atomic E-state index is 13.3. The quantitative estimate of drug-likeness (QED) is 0.0204. The normalized spacial score (nSPS) is 23.4. The third-order valence-corrected chi connectivity index (χ3v) is 17.6. The van der Waals surface area contributed by atoms with Gasteiger partial charge in [0.2, 0.25) is 5.91 Å². The van der Waals surface area contributed by atoms with Crippen molar-refractivity contribution in [3.05, 3.63) is 72.9 Å². The summed E-state index contributed by atoms with van der Waals surface area (Å²) in [6.07, 6.45) is 63.9. The van der Waals surface area contributed by atoms with E-state index in [0.717, 1.165) is 70.6 Å². The lowest BCUT2D eigenvalue weighted by atomic mass is 9.97. The van der Waals surface area contributed by atoms with Crippen LogP contribution < -0.4 is 5.32 Å². The molecule has 2 heterocycles. The average Bonchev–Trinajstić information content (AvgIpc) is 3.62. The van der Waals surface area contributed by atoms with Crippen molar-refractivity contribution in [3.8, 4) is 0 Å². The smallest absolute Gasteiger partial charge is 0.220 e. The maximum Gasteiger partial charge on any atom is 0.220 e. The maximum absolute atomic E-state index is 13.3. The standard InChI is InChI=1S/C75H135NO13/c1-3-5-7-9-11-13-15-17-19-21-23-25-26-27-28-29-30-31-32-33-34-35-36-37-38-39-41-43-45-47-49-51-53-55-57-59-67(80)76-63(64(79)58-56-54-52-50-48-46-44-42-40-24-22-20-18-16-14-12-10-8-6-4-2)62-86-74-72(85)70(83)73(66(61-78)88-74)89-75-71(84)69(82)68(81)65(60-77)87-75/h5,7,11,13,17,19,23,25,27-28,56,58,63-66,68-75,77-79,81-85H,3-4,6,8-10,12,14-16,18,20-22,24,26,29-55,57,59-62H2,1-2H3,(H,76,80)/b7-5-,13-11-,19-17-,25-23-,28-27-,58-56+. The minimum absolute atomic E-state index is 0.236. The van der Waals surface area contributed by atoms with Crippen molar-refractivity contribution in [2.75, 3.05) is 19.8 Å². The summed E-state index contributed by atoms with van der Waals surface area (Å²) in [5.74, 6) is -0.236. The number of rotatable bonds is 60. The van der Waals surface area contributed by atoms with Gasteiger partial charge in [0, 0.05) is 6.42 Å². The van der Waals surface area contributed by atoms with E-state index in [2.05, 4.69) is 79.9 Å². The van der Waals surface area contributed by atoms with E-state index in [1.807, 2.05) is 6.08 Å². The monoisotopic (exact) mass is 1260 g/mol. The Morgan fingerprint density at radius 3 is 1.19 bits per heavy atom. The molecule has 0 bridgehead atoms. The molecule has 2 fully saturated rings. The molecule has 89 heavy (non-hydrogen) atoms. The van der Waals surface area contributed by atoms with E-state index in [4.69, 9.17) is 18.9 Å². The highest BCUT2D eigenvalue weighted by atomic mass is 16.7. The first-order valence-electron chi connectivity index (χ1n) is 36.7. The van der Waals surface area contributed by atoms with Crippen molar-refractivity contribution >= 4 is 5.91 Å². The zero-order valence-electron chi connectivity index (χ0n) is 56.4. The minimum atomic E-state index is -1.79. The molecule has 14 nitrogen and oxygen atoms in total. The van der Waals surface area contributed by atoms with Gasteiger partial charge in [-0.05, 0) is 64.2 Å². The SMILES string of the molecule is CC/C=C\C/C=C\C/C=C\C/C=C\C/C=C\CCCCCCCCCCCCCCCCCCCCCC(=O)NC(COC1OC(CO)C(OC2OC(CO)C(O)C(O)C2O)C(O)C1O)C(O)/C=C/CCCCCCCCCCCCCCCCCCCC. The fourth-order valence-corrected chi connectivity index (χ4v) is 11.9. The molecule has 2 aliphatic rings. The van der Waals surface area contributed by atoms with Crippen LogP contribution in [-0.4, -0.2) is 140 Å². The van der Waals surface area contributed by atoms with Gasteiger partial charge < -0.3 is 65.1 Å². The van der Waals surface area contributed by atoms with Crippen LogP contribution >= 0.6 is 0 Å². The molecule has 2 aliphatic heterocycles. The predicted octanol–water partition coefficient (Wildman–Crippen LogP) is 15.4. The van der Waals surface area contributed by atoms with E-state index in [0.29, 0.717) is 6.42 Å². The molecule has 2 saturated heterocycles. The first kappa shape index (κ1) is 82.5. The first-order valence-corrected chi connectivity index (χ1v) is 36.7. The molecule has 1 amide bonds. The van der Waals surface area contributed by atoms with Gasteiger partial charge in [0.15, 0.2) is 12.6 Å². The Bertz CT molecular complexity index is 1770. The zero-order valence-corrected chi connectivity index (χ0v) is 56.4. The number of ether oxygens (including phenoxy) is 4. The summed E-state index contributed by atoms with van der Waals surface area (Å²) in [5, 5.41) is 87.5. The average molecular weight is 1260 g/mol. The molecule has 9 N–H and O–H groups in total. The van der Waals surface area contributed by atoms with Crippen molar-refractivity contribution in [1.29, 1.82) is 0 Å². The Morgan fingerprint density at radius 2 is 0.775 bits per heavy atom. The molecule has 14 heteroatoms. The molecule has 0 aromatic rings. The third kappa shape index (κ3) is 43.1. The van der Waals surface area contributed by atoms with Crippen LogP contribution in [0.5, 0.6) is 0 Å². The fourth-order valence-electron chi connectivity index (χ4n) is 11.9. The van der Waals surface area contributed by atoms with E-state index in [9.17, 15) is 45.6 Å². The Kier molecular flexibility index (Phi) is 54.9. The summed E-state index contributed by atoms with van der Waals surface area (Å²) >= 11 is 0. The number of hydrogen-bond acceptors (Lipinski definition) is 13. The summed E-state index contributed by atoms with van der Waals surface area (Å²) in [5.41, 5.74) is 0. The van der Waals surface area contributed by atoms with E-state index >= 15 is 0 Å². The number of aliphatic hydroxyl groups excluding tert-OH is 8. The Hall–Kier alpha value is -2.57. The topological polar surface area (TPSA) is 228 Å². The summed E-state index contributed by atoms with van der Waals surface area (Å²) in [6.45, 7) is 2.72. The largest absolute Gasteiger partial charge is 0.394 e. The van der Waals surface area contributed by atoms with Gasteiger partial charge in [0.25, 0.3) is 0 Å². The molecule has 12 unspecified atom stereocenters. The highest BCUT2D eigenvalue weighted by Crippen LogP contribution is 2.30. The minimum Gasteiger partial charge on any atom is -0.394 e. The second-order valence-corrected chi connectivity index (χ2v) is 25.7. The first-order chi connectivity index (χ1) is 43.6. The molecule has 0 aromatic carbocycles. The van der Waals surface area contributed by atoms with E-state index in [-0.39, 0.29) is 18.9 Å². The van der Waals surface area contributed by atoms with E-state index in [1.54, 1.807) is 6.08 Å². The number of allylic oxidation sites excluding steroid dienone is 11. The Balaban J connectivity index is 1.62. The summed E-state index contributed by atoms with van der Waals surface area (Å²) in [4.78, 5) is 13.3.